The Bertz CT molecular complexity index is 692. The second-order valence-electron chi connectivity index (χ2n) is 7.03. The van der Waals surface area contributed by atoms with Crippen molar-refractivity contribution in [2.75, 3.05) is 33.2 Å². The number of nitrogens with zero attached hydrogens (tertiary/aromatic N) is 4. The molecule has 27 heavy (non-hydrogen) atoms. The third-order valence-corrected chi connectivity index (χ3v) is 5.30. The van der Waals surface area contributed by atoms with Gasteiger partial charge in [-0.25, -0.2) is 4.68 Å². The van der Waals surface area contributed by atoms with Gasteiger partial charge in [-0.2, -0.15) is 5.10 Å². The van der Waals surface area contributed by atoms with E-state index in [0.29, 0.717) is 6.04 Å². The monoisotopic (exact) mass is 368 g/mol. The first kappa shape index (κ1) is 19.4. The maximum Gasteiger partial charge on any atom is 0.191 e. The Hall–Kier alpha value is -2.34. The summed E-state index contributed by atoms with van der Waals surface area (Å²) in [5.41, 5.74) is 2.39. The fourth-order valence-electron chi connectivity index (χ4n) is 3.70. The number of guanidine groups is 1. The molecule has 1 unspecified atom stereocenters. The first-order chi connectivity index (χ1) is 13.3. The topological polar surface area (TPSA) is 57.5 Å². The predicted molar refractivity (Wildman–Crippen MR) is 112 cm³/mol. The molecule has 3 rings (SSSR count). The summed E-state index contributed by atoms with van der Waals surface area (Å²) in [6, 6.07) is 11.1. The average molecular weight is 369 g/mol. The van der Waals surface area contributed by atoms with Gasteiger partial charge in [0.25, 0.3) is 0 Å². The second kappa shape index (κ2) is 10.1. The average Bonchev–Trinajstić information content (AvgIpc) is 3.26. The number of hydrogen-bond donors (Lipinski definition) is 2. The highest BCUT2D eigenvalue weighted by molar-refractivity contribution is 5.79. The van der Waals surface area contributed by atoms with Crippen LogP contribution in [-0.4, -0.2) is 59.9 Å². The molecule has 0 aliphatic carbocycles. The van der Waals surface area contributed by atoms with Crippen LogP contribution in [0.4, 0.5) is 0 Å². The number of benzene rings is 1. The van der Waals surface area contributed by atoms with Gasteiger partial charge in [0.2, 0.25) is 0 Å². The minimum Gasteiger partial charge on any atom is -0.356 e. The highest BCUT2D eigenvalue weighted by Crippen LogP contribution is 2.15. The van der Waals surface area contributed by atoms with Gasteiger partial charge in [-0.1, -0.05) is 25.5 Å². The number of aliphatic imine (C=N–C) groups is 1. The fraction of sp³-hybridized carbons (Fsp3) is 0.524. The van der Waals surface area contributed by atoms with E-state index in [0.717, 1.165) is 37.7 Å². The van der Waals surface area contributed by atoms with E-state index >= 15 is 0 Å². The van der Waals surface area contributed by atoms with E-state index in [9.17, 15) is 0 Å². The molecule has 0 saturated carbocycles. The molecule has 1 aromatic heterocycles. The van der Waals surface area contributed by atoms with Crippen LogP contribution in [0.15, 0.2) is 47.7 Å². The van der Waals surface area contributed by atoms with Gasteiger partial charge in [-0.05, 0) is 56.1 Å². The lowest BCUT2D eigenvalue weighted by atomic mass is 10.0. The Balaban J connectivity index is 1.41. The number of aromatic nitrogens is 2. The zero-order valence-corrected chi connectivity index (χ0v) is 16.6. The van der Waals surface area contributed by atoms with Crippen molar-refractivity contribution in [2.45, 2.75) is 38.6 Å². The number of likely N-dealkylation sites (N-methyl/N-ethyl adjacent to an activating group) is 1. The first-order valence-corrected chi connectivity index (χ1v) is 10.1. The third kappa shape index (κ3) is 5.57. The standard InChI is InChI=1S/C21H32N6/c1-3-26-15-5-4-7-20(26)17-24-21(22-2)23-14-12-18-8-10-19(11-9-18)27-16-6-13-25-27/h6,8-11,13,16,20H,3-5,7,12,14-15,17H2,1-2H3,(H2,22,23,24). The van der Waals surface area contributed by atoms with E-state index in [4.69, 9.17) is 0 Å². The molecule has 2 aromatic rings. The summed E-state index contributed by atoms with van der Waals surface area (Å²) >= 11 is 0. The lowest BCUT2D eigenvalue weighted by Gasteiger charge is -2.35. The Morgan fingerprint density at radius 1 is 1.22 bits per heavy atom. The molecule has 2 N–H and O–H groups in total. The lowest BCUT2D eigenvalue weighted by molar-refractivity contribution is 0.157. The predicted octanol–water partition coefficient (Wildman–Crippen LogP) is 2.45. The first-order valence-electron chi connectivity index (χ1n) is 10.1. The van der Waals surface area contributed by atoms with E-state index in [2.05, 4.69) is 56.8 Å². The summed E-state index contributed by atoms with van der Waals surface area (Å²) in [5, 5.41) is 11.2. The number of likely N-dealkylation sites (tertiary alicyclic amines) is 1. The van der Waals surface area contributed by atoms with Crippen LogP contribution in [0.1, 0.15) is 31.7 Å². The molecule has 146 valence electrons. The second-order valence-corrected chi connectivity index (χ2v) is 7.03. The van der Waals surface area contributed by atoms with Gasteiger partial charge in [0.1, 0.15) is 0 Å². The van der Waals surface area contributed by atoms with E-state index in [1.54, 1.807) is 6.20 Å². The zero-order chi connectivity index (χ0) is 18.9. The Morgan fingerprint density at radius 2 is 2.07 bits per heavy atom. The molecule has 6 nitrogen and oxygen atoms in total. The molecular formula is C21H32N6. The third-order valence-electron chi connectivity index (χ3n) is 5.30. The fourth-order valence-corrected chi connectivity index (χ4v) is 3.70. The number of nitrogens with one attached hydrogen (secondary N) is 2. The van der Waals surface area contributed by atoms with Crippen molar-refractivity contribution in [1.29, 1.82) is 0 Å². The molecule has 0 radical (unpaired) electrons. The number of hydrogen-bond acceptors (Lipinski definition) is 3. The summed E-state index contributed by atoms with van der Waals surface area (Å²) in [4.78, 5) is 6.94. The molecule has 1 aromatic carbocycles. The van der Waals surface area contributed by atoms with Crippen LogP contribution in [0.25, 0.3) is 5.69 Å². The Morgan fingerprint density at radius 3 is 2.78 bits per heavy atom. The largest absolute Gasteiger partial charge is 0.356 e. The van der Waals surface area contributed by atoms with Crippen molar-refractivity contribution in [3.63, 3.8) is 0 Å². The van der Waals surface area contributed by atoms with Crippen LogP contribution in [0, 0.1) is 0 Å². The Kier molecular flexibility index (Phi) is 7.27. The van der Waals surface area contributed by atoms with Crippen molar-refractivity contribution < 1.29 is 0 Å². The van der Waals surface area contributed by atoms with Crippen molar-refractivity contribution in [3.8, 4) is 5.69 Å². The summed E-state index contributed by atoms with van der Waals surface area (Å²) < 4.78 is 1.87. The van der Waals surface area contributed by atoms with Crippen LogP contribution in [0.5, 0.6) is 0 Å². The van der Waals surface area contributed by atoms with E-state index < -0.39 is 0 Å². The van der Waals surface area contributed by atoms with Crippen LogP contribution < -0.4 is 10.6 Å². The molecule has 6 heteroatoms. The summed E-state index contributed by atoms with van der Waals surface area (Å²) in [7, 11) is 1.84. The van der Waals surface area contributed by atoms with Crippen molar-refractivity contribution in [3.05, 3.63) is 48.3 Å². The molecule has 1 fully saturated rings. The zero-order valence-electron chi connectivity index (χ0n) is 16.6. The van der Waals surface area contributed by atoms with Crippen LogP contribution >= 0.6 is 0 Å². The van der Waals surface area contributed by atoms with Crippen LogP contribution in [-0.2, 0) is 6.42 Å². The highest BCUT2D eigenvalue weighted by Gasteiger charge is 2.20. The van der Waals surface area contributed by atoms with E-state index in [-0.39, 0.29) is 0 Å². The van der Waals surface area contributed by atoms with Gasteiger partial charge < -0.3 is 10.6 Å². The minimum absolute atomic E-state index is 0.622. The van der Waals surface area contributed by atoms with E-state index in [1.807, 2.05) is 24.0 Å². The summed E-state index contributed by atoms with van der Waals surface area (Å²) in [6.45, 7) is 6.44. The van der Waals surface area contributed by atoms with Gasteiger partial charge >= 0.3 is 0 Å². The molecule has 1 saturated heterocycles. The molecule has 0 amide bonds. The molecule has 0 spiro atoms. The Labute approximate surface area is 162 Å². The van der Waals surface area contributed by atoms with E-state index in [1.165, 1.54) is 31.4 Å². The van der Waals surface area contributed by atoms with Gasteiger partial charge in [0, 0.05) is 38.6 Å². The van der Waals surface area contributed by atoms with Crippen molar-refractivity contribution in [1.82, 2.24) is 25.3 Å². The number of rotatable bonds is 7. The molecule has 0 bridgehead atoms. The maximum atomic E-state index is 4.37. The number of piperidine rings is 1. The normalized spacial score (nSPS) is 18.4. The van der Waals surface area contributed by atoms with Crippen LogP contribution in [0.3, 0.4) is 0 Å². The van der Waals surface area contributed by atoms with Gasteiger partial charge in [0.05, 0.1) is 5.69 Å². The minimum atomic E-state index is 0.622. The molecule has 1 aliphatic rings. The SMILES string of the molecule is CCN1CCCCC1CNC(=NC)NCCc1ccc(-n2cccn2)cc1. The molecule has 2 heterocycles. The molecule has 1 atom stereocenters. The summed E-state index contributed by atoms with van der Waals surface area (Å²) in [6.07, 6.45) is 8.66. The van der Waals surface area contributed by atoms with Gasteiger partial charge in [0.15, 0.2) is 5.96 Å². The lowest BCUT2D eigenvalue weighted by Crippen LogP contribution is -2.49. The molecule has 1 aliphatic heterocycles. The van der Waals surface area contributed by atoms with Gasteiger partial charge in [-0.15, -0.1) is 0 Å². The highest BCUT2D eigenvalue weighted by atomic mass is 15.3. The van der Waals surface area contributed by atoms with Gasteiger partial charge in [-0.3, -0.25) is 9.89 Å². The smallest absolute Gasteiger partial charge is 0.191 e. The quantitative estimate of drug-likeness (QED) is 0.582. The van der Waals surface area contributed by atoms with Crippen molar-refractivity contribution >= 4 is 5.96 Å². The summed E-state index contributed by atoms with van der Waals surface area (Å²) in [5.74, 6) is 0.893. The molecular weight excluding hydrogens is 336 g/mol. The maximum absolute atomic E-state index is 4.37. The van der Waals surface area contributed by atoms with Crippen molar-refractivity contribution in [2.24, 2.45) is 4.99 Å². The van der Waals surface area contributed by atoms with Crippen LogP contribution in [0.2, 0.25) is 0 Å².